The van der Waals surface area contributed by atoms with Gasteiger partial charge in [-0.3, -0.25) is 4.98 Å². The maximum absolute atomic E-state index is 14.7. The first-order chi connectivity index (χ1) is 18.6. The SMILES string of the molecule is CCCCCCCCOc1ccc(-c2ccc(-c3ccc(OCCCCCCCC)nc3F)nc2)c(F)n1. The number of halogens is 2. The first kappa shape index (κ1) is 29.5. The van der Waals surface area contributed by atoms with Crippen LogP contribution in [0.3, 0.4) is 0 Å². The monoisotopic (exact) mass is 525 g/mol. The van der Waals surface area contributed by atoms with Crippen molar-refractivity contribution in [2.75, 3.05) is 13.2 Å². The fraction of sp³-hybridized carbons (Fsp3) is 0.516. The second kappa shape index (κ2) is 16.7. The molecule has 0 fully saturated rings. The Bertz CT molecular complexity index is 1010. The lowest BCUT2D eigenvalue weighted by molar-refractivity contribution is 0.289. The number of ether oxygens (including phenoxy) is 2. The minimum absolute atomic E-state index is 0.264. The van der Waals surface area contributed by atoms with E-state index in [2.05, 4.69) is 28.8 Å². The molecule has 0 saturated carbocycles. The zero-order chi connectivity index (χ0) is 27.0. The Kier molecular flexibility index (Phi) is 12.9. The Balaban J connectivity index is 1.51. The van der Waals surface area contributed by atoms with Gasteiger partial charge < -0.3 is 9.47 Å². The number of aromatic nitrogens is 3. The van der Waals surface area contributed by atoms with Crippen LogP contribution in [0.15, 0.2) is 42.6 Å². The van der Waals surface area contributed by atoms with Crippen molar-refractivity contribution in [3.63, 3.8) is 0 Å². The maximum atomic E-state index is 14.7. The quantitative estimate of drug-likeness (QED) is 0.123. The van der Waals surface area contributed by atoms with E-state index in [0.717, 1.165) is 25.7 Å². The average molecular weight is 526 g/mol. The summed E-state index contributed by atoms with van der Waals surface area (Å²) in [5, 5.41) is 0. The second-order valence-corrected chi connectivity index (χ2v) is 9.64. The van der Waals surface area contributed by atoms with Crippen molar-refractivity contribution < 1.29 is 18.3 Å². The topological polar surface area (TPSA) is 57.1 Å². The van der Waals surface area contributed by atoms with Crippen molar-refractivity contribution >= 4 is 0 Å². The number of rotatable bonds is 18. The number of hydrogen-bond acceptors (Lipinski definition) is 5. The molecule has 206 valence electrons. The van der Waals surface area contributed by atoms with Gasteiger partial charge in [-0.1, -0.05) is 84.1 Å². The van der Waals surface area contributed by atoms with Gasteiger partial charge in [-0.25, -0.2) is 0 Å². The minimum Gasteiger partial charge on any atom is -0.478 e. The highest BCUT2D eigenvalue weighted by molar-refractivity contribution is 5.66. The zero-order valence-electron chi connectivity index (χ0n) is 22.9. The van der Waals surface area contributed by atoms with Gasteiger partial charge in [0, 0.05) is 29.5 Å². The molecular weight excluding hydrogens is 484 g/mol. The van der Waals surface area contributed by atoms with E-state index in [1.807, 2.05) is 0 Å². The van der Waals surface area contributed by atoms with Crippen LogP contribution in [-0.4, -0.2) is 28.2 Å². The molecule has 0 saturated heterocycles. The Morgan fingerprint density at radius 1 is 0.579 bits per heavy atom. The van der Waals surface area contributed by atoms with Crippen LogP contribution in [0.1, 0.15) is 90.9 Å². The molecule has 0 spiro atoms. The molecule has 3 aromatic heterocycles. The lowest BCUT2D eigenvalue weighted by atomic mass is 10.1. The summed E-state index contributed by atoms with van der Waals surface area (Å²) >= 11 is 0. The number of hydrogen-bond donors (Lipinski definition) is 0. The third-order valence-corrected chi connectivity index (χ3v) is 6.49. The molecule has 0 amide bonds. The van der Waals surface area contributed by atoms with E-state index < -0.39 is 11.9 Å². The van der Waals surface area contributed by atoms with Crippen LogP contribution in [-0.2, 0) is 0 Å². The van der Waals surface area contributed by atoms with Gasteiger partial charge >= 0.3 is 0 Å². The zero-order valence-corrected chi connectivity index (χ0v) is 22.9. The van der Waals surface area contributed by atoms with Gasteiger partial charge in [0.15, 0.2) is 0 Å². The van der Waals surface area contributed by atoms with Crippen LogP contribution in [0.2, 0.25) is 0 Å². The van der Waals surface area contributed by atoms with Crippen LogP contribution in [0.4, 0.5) is 8.78 Å². The third-order valence-electron chi connectivity index (χ3n) is 6.49. The summed E-state index contributed by atoms with van der Waals surface area (Å²) in [6.07, 6.45) is 15.4. The molecule has 0 atom stereocenters. The molecule has 0 radical (unpaired) electrons. The maximum Gasteiger partial charge on any atom is 0.225 e. The third kappa shape index (κ3) is 9.66. The van der Waals surface area contributed by atoms with Gasteiger partial charge in [0.1, 0.15) is 0 Å². The summed E-state index contributed by atoms with van der Waals surface area (Å²) in [6.45, 7) is 5.44. The Morgan fingerprint density at radius 3 is 1.55 bits per heavy atom. The molecular formula is C31H41F2N3O2. The number of nitrogens with zero attached hydrogens (tertiary/aromatic N) is 3. The lowest BCUT2D eigenvalue weighted by Crippen LogP contribution is -2.02. The molecule has 3 aromatic rings. The fourth-order valence-corrected chi connectivity index (χ4v) is 4.23. The molecule has 38 heavy (non-hydrogen) atoms. The highest BCUT2D eigenvalue weighted by Gasteiger charge is 2.13. The van der Waals surface area contributed by atoms with Gasteiger partial charge in [-0.2, -0.15) is 18.7 Å². The molecule has 0 aliphatic carbocycles. The average Bonchev–Trinajstić information content (AvgIpc) is 2.92. The van der Waals surface area contributed by atoms with Gasteiger partial charge in [-0.15, -0.1) is 0 Å². The molecule has 0 unspecified atom stereocenters. The number of unbranched alkanes of at least 4 members (excludes halogenated alkanes) is 10. The van der Waals surface area contributed by atoms with Gasteiger partial charge in [-0.05, 0) is 31.0 Å². The Hall–Kier alpha value is -3.09. The molecule has 0 aromatic carbocycles. The van der Waals surface area contributed by atoms with E-state index in [9.17, 15) is 8.78 Å². The van der Waals surface area contributed by atoms with Crippen molar-refractivity contribution in [2.24, 2.45) is 0 Å². The highest BCUT2D eigenvalue weighted by Crippen LogP contribution is 2.27. The molecule has 0 aliphatic heterocycles. The summed E-state index contributed by atoms with van der Waals surface area (Å²) in [4.78, 5) is 12.2. The summed E-state index contributed by atoms with van der Waals surface area (Å²) in [5.74, 6) is -0.732. The van der Waals surface area contributed by atoms with E-state index in [1.165, 1.54) is 57.6 Å². The molecule has 0 aliphatic rings. The van der Waals surface area contributed by atoms with E-state index in [1.54, 1.807) is 36.4 Å². The van der Waals surface area contributed by atoms with Gasteiger partial charge in [0.25, 0.3) is 0 Å². The lowest BCUT2D eigenvalue weighted by Gasteiger charge is -2.09. The van der Waals surface area contributed by atoms with E-state index >= 15 is 0 Å². The molecule has 7 heteroatoms. The molecule has 0 bridgehead atoms. The largest absolute Gasteiger partial charge is 0.478 e. The molecule has 3 heterocycles. The van der Waals surface area contributed by atoms with E-state index in [4.69, 9.17) is 9.47 Å². The summed E-state index contributed by atoms with van der Waals surface area (Å²) in [6, 6.07) is 9.90. The van der Waals surface area contributed by atoms with Crippen molar-refractivity contribution in [1.29, 1.82) is 0 Å². The molecule has 0 N–H and O–H groups in total. The Morgan fingerprint density at radius 2 is 1.08 bits per heavy atom. The first-order valence-electron chi connectivity index (χ1n) is 14.2. The van der Waals surface area contributed by atoms with Crippen LogP contribution >= 0.6 is 0 Å². The van der Waals surface area contributed by atoms with Gasteiger partial charge in [0.2, 0.25) is 23.7 Å². The highest BCUT2D eigenvalue weighted by atomic mass is 19.1. The Labute approximate surface area is 226 Å². The molecule has 3 rings (SSSR count). The van der Waals surface area contributed by atoms with Crippen molar-refractivity contribution in [3.05, 3.63) is 54.5 Å². The van der Waals surface area contributed by atoms with Crippen molar-refractivity contribution in [3.8, 4) is 34.1 Å². The van der Waals surface area contributed by atoms with Crippen LogP contribution < -0.4 is 9.47 Å². The van der Waals surface area contributed by atoms with E-state index in [-0.39, 0.29) is 17.3 Å². The van der Waals surface area contributed by atoms with Crippen LogP contribution in [0.25, 0.3) is 22.4 Å². The summed E-state index contributed by atoms with van der Waals surface area (Å²) in [5.41, 5.74) is 1.54. The number of pyridine rings is 3. The van der Waals surface area contributed by atoms with E-state index in [0.29, 0.717) is 30.0 Å². The minimum atomic E-state index is -0.648. The predicted molar refractivity (Wildman–Crippen MR) is 148 cm³/mol. The van der Waals surface area contributed by atoms with Crippen molar-refractivity contribution in [1.82, 2.24) is 15.0 Å². The predicted octanol–water partition coefficient (Wildman–Crippen LogP) is 8.96. The smallest absolute Gasteiger partial charge is 0.225 e. The molecule has 5 nitrogen and oxygen atoms in total. The standard InChI is InChI=1S/C31H41F2N3O2/c1-3-5-7-9-11-13-21-37-28-19-16-25(30(32)35-28)24-15-18-27(34-23-24)26-17-20-29(36-31(26)33)38-22-14-12-10-8-6-4-2/h15-20,23H,3-14,21-22H2,1-2H3. The normalized spacial score (nSPS) is 11.1. The fourth-order valence-electron chi connectivity index (χ4n) is 4.23. The second-order valence-electron chi connectivity index (χ2n) is 9.64. The van der Waals surface area contributed by atoms with Crippen molar-refractivity contribution in [2.45, 2.75) is 90.9 Å². The van der Waals surface area contributed by atoms with Gasteiger partial charge in [0.05, 0.1) is 24.5 Å². The van der Waals surface area contributed by atoms with Crippen LogP contribution in [0.5, 0.6) is 11.8 Å². The first-order valence-corrected chi connectivity index (χ1v) is 14.2. The summed E-state index contributed by atoms with van der Waals surface area (Å²) < 4.78 is 40.6. The summed E-state index contributed by atoms with van der Waals surface area (Å²) in [7, 11) is 0. The van der Waals surface area contributed by atoms with Crippen LogP contribution in [0, 0.1) is 11.9 Å².